The Morgan fingerprint density at radius 2 is 1.00 bits per heavy atom. The predicted octanol–water partition coefficient (Wildman–Crippen LogP) is 6.06. The van der Waals surface area contributed by atoms with E-state index in [9.17, 15) is 0 Å². The maximum Gasteiger partial charge on any atom is -0.00773 e. The molecule has 1 nitrogen and oxygen atoms in total. The van der Waals surface area contributed by atoms with Crippen LogP contribution in [0.5, 0.6) is 0 Å². The number of rotatable bonds is 15. The van der Waals surface area contributed by atoms with Gasteiger partial charge in [0.25, 0.3) is 0 Å². The van der Waals surface area contributed by atoms with Crippen LogP contribution in [0.15, 0.2) is 0 Å². The molecule has 0 saturated heterocycles. The molecule has 19 heavy (non-hydrogen) atoms. The normalized spacial score (nSPS) is 11.4. The van der Waals surface area contributed by atoms with Crippen molar-refractivity contribution in [3.8, 4) is 0 Å². The smallest absolute Gasteiger partial charge is 0.00773 e. The second kappa shape index (κ2) is 16.0. The number of unbranched alkanes of at least 4 members (excludes halogenated alkanes) is 8. The molecule has 0 aromatic carbocycles. The van der Waals surface area contributed by atoms with E-state index in [1.807, 2.05) is 0 Å². The minimum atomic E-state index is 0.873. The van der Waals surface area contributed by atoms with Crippen molar-refractivity contribution in [1.29, 1.82) is 0 Å². The summed E-state index contributed by atoms with van der Waals surface area (Å²) in [6.45, 7) is 5.47. The molecule has 0 aromatic heterocycles. The van der Waals surface area contributed by atoms with Gasteiger partial charge in [-0.3, -0.25) is 0 Å². The van der Waals surface area contributed by atoms with E-state index >= 15 is 0 Å². The first-order valence-corrected chi connectivity index (χ1v) is 9.05. The fourth-order valence-corrected chi connectivity index (χ4v) is 2.91. The Balaban J connectivity index is 3.66. The molecule has 0 bridgehead atoms. The zero-order valence-corrected chi connectivity index (χ0v) is 13.8. The topological polar surface area (TPSA) is 26.0 Å². The van der Waals surface area contributed by atoms with Crippen LogP contribution in [0.1, 0.15) is 104 Å². The second-order valence-corrected chi connectivity index (χ2v) is 6.20. The van der Waals surface area contributed by atoms with Crippen molar-refractivity contribution in [3.05, 3.63) is 0 Å². The van der Waals surface area contributed by atoms with Gasteiger partial charge in [0.2, 0.25) is 0 Å². The van der Waals surface area contributed by atoms with Crippen molar-refractivity contribution >= 4 is 0 Å². The van der Waals surface area contributed by atoms with E-state index in [0.29, 0.717) is 0 Å². The van der Waals surface area contributed by atoms with Crippen LogP contribution in [0.4, 0.5) is 0 Å². The lowest BCUT2D eigenvalue weighted by Crippen LogP contribution is -2.03. The van der Waals surface area contributed by atoms with Gasteiger partial charge in [-0.2, -0.15) is 0 Å². The molecular weight excluding hydrogens is 230 g/mol. The van der Waals surface area contributed by atoms with Gasteiger partial charge < -0.3 is 5.73 Å². The van der Waals surface area contributed by atoms with Crippen LogP contribution in [-0.2, 0) is 0 Å². The molecule has 2 N–H and O–H groups in total. The van der Waals surface area contributed by atoms with E-state index in [2.05, 4.69) is 13.8 Å². The van der Waals surface area contributed by atoms with E-state index in [-0.39, 0.29) is 0 Å². The molecule has 0 rings (SSSR count). The van der Waals surface area contributed by atoms with Crippen LogP contribution >= 0.6 is 0 Å². The van der Waals surface area contributed by atoms with Crippen LogP contribution in [0, 0.1) is 5.92 Å². The first-order valence-electron chi connectivity index (χ1n) is 9.05. The van der Waals surface area contributed by atoms with Crippen LogP contribution < -0.4 is 5.73 Å². The second-order valence-electron chi connectivity index (χ2n) is 6.20. The van der Waals surface area contributed by atoms with Crippen LogP contribution in [0.3, 0.4) is 0 Å². The minimum absolute atomic E-state index is 0.873. The van der Waals surface area contributed by atoms with Crippen LogP contribution in [0.2, 0.25) is 0 Å². The number of hydrogen-bond acceptors (Lipinski definition) is 1. The summed E-state index contributed by atoms with van der Waals surface area (Å²) in [5.41, 5.74) is 5.57. The molecule has 0 radical (unpaired) electrons. The molecule has 116 valence electrons. The molecule has 0 saturated carbocycles. The molecule has 0 aliphatic heterocycles. The summed E-state index contributed by atoms with van der Waals surface area (Å²) in [5.74, 6) is 1.01. The molecule has 1 heteroatoms. The van der Waals surface area contributed by atoms with Gasteiger partial charge in [-0.1, -0.05) is 97.3 Å². The van der Waals surface area contributed by atoms with Gasteiger partial charge in [-0.25, -0.2) is 0 Å². The summed E-state index contributed by atoms with van der Waals surface area (Å²) in [6, 6.07) is 0. The predicted molar refractivity (Wildman–Crippen MR) is 88.5 cm³/mol. The molecule has 0 spiro atoms. The van der Waals surface area contributed by atoms with Gasteiger partial charge in [0.15, 0.2) is 0 Å². The zero-order valence-electron chi connectivity index (χ0n) is 13.8. The third-order valence-corrected chi connectivity index (χ3v) is 4.25. The summed E-state index contributed by atoms with van der Waals surface area (Å²) >= 11 is 0. The van der Waals surface area contributed by atoms with Crippen molar-refractivity contribution in [2.75, 3.05) is 6.54 Å². The van der Waals surface area contributed by atoms with E-state index in [0.717, 1.165) is 12.5 Å². The van der Waals surface area contributed by atoms with Crippen molar-refractivity contribution in [2.45, 2.75) is 104 Å². The molecule has 0 fully saturated rings. The van der Waals surface area contributed by atoms with Crippen molar-refractivity contribution in [3.63, 3.8) is 0 Å². The highest BCUT2D eigenvalue weighted by atomic mass is 14.5. The molecule has 0 aliphatic carbocycles. The summed E-state index contributed by atoms with van der Waals surface area (Å²) in [4.78, 5) is 0. The summed E-state index contributed by atoms with van der Waals surface area (Å²) in [5, 5.41) is 0. The molecular formula is C18H39N. The Kier molecular flexibility index (Phi) is 16.0. The maximum absolute atomic E-state index is 5.57. The fraction of sp³-hybridized carbons (Fsp3) is 1.00. The molecule has 0 heterocycles. The minimum Gasteiger partial charge on any atom is -0.330 e. The Morgan fingerprint density at radius 1 is 0.579 bits per heavy atom. The van der Waals surface area contributed by atoms with Crippen molar-refractivity contribution in [2.24, 2.45) is 11.7 Å². The Labute approximate surface area is 122 Å². The fourth-order valence-electron chi connectivity index (χ4n) is 2.91. The average Bonchev–Trinajstić information content (AvgIpc) is 2.43. The first kappa shape index (κ1) is 19.0. The summed E-state index contributed by atoms with van der Waals surface area (Å²) < 4.78 is 0. The third-order valence-electron chi connectivity index (χ3n) is 4.25. The maximum atomic E-state index is 5.57. The molecule has 0 aliphatic rings. The van der Waals surface area contributed by atoms with Gasteiger partial charge in [0, 0.05) is 0 Å². The van der Waals surface area contributed by atoms with E-state index in [1.165, 1.54) is 89.9 Å². The highest BCUT2D eigenvalue weighted by Gasteiger charge is 2.08. The molecule has 0 unspecified atom stereocenters. The Hall–Kier alpha value is -0.0400. The van der Waals surface area contributed by atoms with Crippen molar-refractivity contribution in [1.82, 2.24) is 0 Å². The Bertz CT molecular complexity index is 127. The van der Waals surface area contributed by atoms with Gasteiger partial charge >= 0.3 is 0 Å². The van der Waals surface area contributed by atoms with E-state index in [4.69, 9.17) is 5.73 Å². The number of hydrogen-bond donors (Lipinski definition) is 1. The lowest BCUT2D eigenvalue weighted by Gasteiger charge is -2.16. The largest absolute Gasteiger partial charge is 0.330 e. The lowest BCUT2D eigenvalue weighted by atomic mass is 9.90. The SMILES string of the molecule is CCCCCCC(CCCCCC)CCCCCN. The standard InChI is InChI=1S/C18H39N/c1-3-5-7-10-14-18(15-11-8-6-4-2)16-12-9-13-17-19/h18H,3-17,19H2,1-2H3. The van der Waals surface area contributed by atoms with Gasteiger partial charge in [-0.15, -0.1) is 0 Å². The zero-order chi connectivity index (χ0) is 14.2. The summed E-state index contributed by atoms with van der Waals surface area (Å²) in [6.07, 6.45) is 19.8. The van der Waals surface area contributed by atoms with Crippen molar-refractivity contribution < 1.29 is 0 Å². The average molecular weight is 270 g/mol. The highest BCUT2D eigenvalue weighted by molar-refractivity contribution is 4.61. The van der Waals surface area contributed by atoms with Gasteiger partial charge in [-0.05, 0) is 18.9 Å². The highest BCUT2D eigenvalue weighted by Crippen LogP contribution is 2.23. The van der Waals surface area contributed by atoms with Crippen LogP contribution in [0.25, 0.3) is 0 Å². The van der Waals surface area contributed by atoms with Crippen LogP contribution in [-0.4, -0.2) is 6.54 Å². The molecule has 0 amide bonds. The Morgan fingerprint density at radius 3 is 1.37 bits per heavy atom. The van der Waals surface area contributed by atoms with E-state index in [1.54, 1.807) is 0 Å². The quantitative estimate of drug-likeness (QED) is 0.359. The van der Waals surface area contributed by atoms with Gasteiger partial charge in [0.05, 0.1) is 0 Å². The third kappa shape index (κ3) is 14.2. The lowest BCUT2D eigenvalue weighted by molar-refractivity contribution is 0.369. The molecule has 0 atom stereocenters. The first-order chi connectivity index (χ1) is 9.35. The molecule has 0 aromatic rings. The van der Waals surface area contributed by atoms with E-state index < -0.39 is 0 Å². The van der Waals surface area contributed by atoms with Gasteiger partial charge in [0.1, 0.15) is 0 Å². The monoisotopic (exact) mass is 269 g/mol. The summed E-state index contributed by atoms with van der Waals surface area (Å²) in [7, 11) is 0. The number of nitrogens with two attached hydrogens (primary N) is 1.